The Kier molecular flexibility index (Phi) is 5.91. The van der Waals surface area contributed by atoms with Gasteiger partial charge >= 0.3 is 0 Å². The Balaban J connectivity index is 1.83. The van der Waals surface area contributed by atoms with Crippen molar-refractivity contribution in [3.63, 3.8) is 0 Å². The fraction of sp³-hybridized carbons (Fsp3) is 0.176. The fourth-order valence-electron chi connectivity index (χ4n) is 2.01. The molecule has 0 heterocycles. The predicted molar refractivity (Wildman–Crippen MR) is 91.2 cm³/mol. The van der Waals surface area contributed by atoms with E-state index in [2.05, 4.69) is 22.8 Å². The molecule has 0 aromatic heterocycles. The summed E-state index contributed by atoms with van der Waals surface area (Å²) in [4.78, 5) is 12.1. The molecule has 2 rings (SSSR count). The van der Waals surface area contributed by atoms with Crippen LogP contribution in [0, 0.1) is 0 Å². The number of hydrogen-bond donors (Lipinski definition) is 2. The van der Waals surface area contributed by atoms with Crippen molar-refractivity contribution in [1.29, 1.82) is 0 Å². The topological polar surface area (TPSA) is 50.4 Å². The largest absolute Gasteiger partial charge is 0.496 e. The number of nitrogens with one attached hydrogen (secondary N) is 2. The fourth-order valence-corrected chi connectivity index (χ4v) is 2.21. The van der Waals surface area contributed by atoms with Crippen LogP contribution >= 0.6 is 12.2 Å². The molecule has 1 amide bonds. The minimum absolute atomic E-state index is 0.283. The van der Waals surface area contributed by atoms with E-state index in [4.69, 9.17) is 17.0 Å². The van der Waals surface area contributed by atoms with Crippen molar-refractivity contribution in [2.24, 2.45) is 0 Å². The highest BCUT2D eigenvalue weighted by atomic mass is 32.1. The van der Waals surface area contributed by atoms with Crippen LogP contribution in [0.5, 0.6) is 5.75 Å². The zero-order valence-electron chi connectivity index (χ0n) is 12.3. The first-order chi connectivity index (χ1) is 10.7. The minimum Gasteiger partial charge on any atom is -0.496 e. The van der Waals surface area contributed by atoms with Gasteiger partial charge in [0.05, 0.1) is 12.7 Å². The standard InChI is InChI=1S/C17H18N2O2S/c1-21-15-10-6-5-9-14(15)16(20)19-17(22)18-12-11-13-7-3-2-4-8-13/h2-10H,11-12H2,1H3,(H2,18,19,20,22). The molecule has 0 unspecified atom stereocenters. The molecule has 0 spiro atoms. The second kappa shape index (κ2) is 8.14. The molecule has 2 aromatic rings. The molecule has 0 bridgehead atoms. The van der Waals surface area contributed by atoms with Crippen molar-refractivity contribution in [1.82, 2.24) is 10.6 Å². The van der Waals surface area contributed by atoms with E-state index in [0.717, 1.165) is 6.42 Å². The van der Waals surface area contributed by atoms with Crippen LogP contribution in [0.3, 0.4) is 0 Å². The van der Waals surface area contributed by atoms with Gasteiger partial charge in [-0.15, -0.1) is 0 Å². The van der Waals surface area contributed by atoms with Crippen LogP contribution in [0.15, 0.2) is 54.6 Å². The van der Waals surface area contributed by atoms with E-state index < -0.39 is 0 Å². The van der Waals surface area contributed by atoms with Crippen LogP contribution in [0.4, 0.5) is 0 Å². The van der Waals surface area contributed by atoms with Crippen molar-refractivity contribution in [2.75, 3.05) is 13.7 Å². The lowest BCUT2D eigenvalue weighted by Crippen LogP contribution is -2.40. The molecule has 2 aromatic carbocycles. The molecule has 0 fully saturated rings. The smallest absolute Gasteiger partial charge is 0.261 e. The zero-order valence-corrected chi connectivity index (χ0v) is 13.2. The number of ether oxygens (including phenoxy) is 1. The van der Waals surface area contributed by atoms with Crippen molar-refractivity contribution >= 4 is 23.2 Å². The number of rotatable bonds is 5. The second-order valence-corrected chi connectivity index (χ2v) is 5.05. The number of amides is 1. The maximum Gasteiger partial charge on any atom is 0.261 e. The van der Waals surface area contributed by atoms with Crippen LogP contribution in [-0.4, -0.2) is 24.7 Å². The van der Waals surface area contributed by atoms with Crippen molar-refractivity contribution in [3.05, 3.63) is 65.7 Å². The first kappa shape index (κ1) is 16.0. The summed E-state index contributed by atoms with van der Waals surface area (Å²) in [5, 5.41) is 6.00. The Morgan fingerprint density at radius 2 is 1.77 bits per heavy atom. The molecular formula is C17H18N2O2S. The van der Waals surface area contributed by atoms with Gasteiger partial charge in [-0.2, -0.15) is 0 Å². The lowest BCUT2D eigenvalue weighted by Gasteiger charge is -2.11. The Morgan fingerprint density at radius 3 is 2.50 bits per heavy atom. The Bertz CT molecular complexity index is 644. The van der Waals surface area contributed by atoms with Gasteiger partial charge in [-0.05, 0) is 36.3 Å². The van der Waals surface area contributed by atoms with Crippen LogP contribution in [0.1, 0.15) is 15.9 Å². The summed E-state index contributed by atoms with van der Waals surface area (Å²) < 4.78 is 5.16. The van der Waals surface area contributed by atoms with Crippen LogP contribution in [-0.2, 0) is 6.42 Å². The second-order valence-electron chi connectivity index (χ2n) is 4.65. The normalized spacial score (nSPS) is 9.86. The molecule has 0 atom stereocenters. The molecule has 0 radical (unpaired) electrons. The zero-order chi connectivity index (χ0) is 15.8. The van der Waals surface area contributed by atoms with Gasteiger partial charge in [0.1, 0.15) is 5.75 Å². The lowest BCUT2D eigenvalue weighted by atomic mass is 10.1. The number of carbonyl (C=O) groups is 1. The van der Waals surface area contributed by atoms with E-state index >= 15 is 0 Å². The van der Waals surface area contributed by atoms with Gasteiger partial charge in [-0.1, -0.05) is 42.5 Å². The van der Waals surface area contributed by atoms with Gasteiger partial charge < -0.3 is 10.1 Å². The molecule has 0 aliphatic rings. The van der Waals surface area contributed by atoms with Gasteiger partial charge in [0.25, 0.3) is 5.91 Å². The Labute approximate surface area is 135 Å². The first-order valence-corrected chi connectivity index (χ1v) is 7.37. The molecular weight excluding hydrogens is 296 g/mol. The van der Waals surface area contributed by atoms with E-state index in [1.165, 1.54) is 12.7 Å². The lowest BCUT2D eigenvalue weighted by molar-refractivity contribution is 0.0973. The van der Waals surface area contributed by atoms with Gasteiger partial charge in [-0.25, -0.2) is 0 Å². The predicted octanol–water partition coefficient (Wildman–Crippen LogP) is 2.54. The van der Waals surface area contributed by atoms with Crippen LogP contribution in [0.2, 0.25) is 0 Å². The van der Waals surface area contributed by atoms with Gasteiger partial charge in [0.15, 0.2) is 5.11 Å². The van der Waals surface area contributed by atoms with Gasteiger partial charge in [0.2, 0.25) is 0 Å². The average Bonchev–Trinajstić information content (AvgIpc) is 2.55. The Morgan fingerprint density at radius 1 is 1.09 bits per heavy atom. The van der Waals surface area contributed by atoms with Crippen molar-refractivity contribution < 1.29 is 9.53 Å². The molecule has 0 saturated heterocycles. The third-order valence-corrected chi connectivity index (χ3v) is 3.37. The highest BCUT2D eigenvalue weighted by Gasteiger charge is 2.12. The van der Waals surface area contributed by atoms with E-state index in [1.807, 2.05) is 24.3 Å². The molecule has 0 saturated carbocycles. The number of para-hydroxylation sites is 1. The average molecular weight is 314 g/mol. The monoisotopic (exact) mass is 314 g/mol. The molecule has 0 aliphatic heterocycles. The van der Waals surface area contributed by atoms with Crippen LogP contribution in [0.25, 0.3) is 0 Å². The minimum atomic E-state index is -0.283. The SMILES string of the molecule is COc1ccccc1C(=O)NC(=S)NCCc1ccccc1. The van der Waals surface area contributed by atoms with Crippen LogP contribution < -0.4 is 15.4 Å². The molecule has 114 valence electrons. The third-order valence-electron chi connectivity index (χ3n) is 3.12. The summed E-state index contributed by atoms with van der Waals surface area (Å²) in [6.07, 6.45) is 0.839. The summed E-state index contributed by atoms with van der Waals surface area (Å²) in [6, 6.07) is 17.1. The summed E-state index contributed by atoms with van der Waals surface area (Å²) in [6.45, 7) is 0.662. The molecule has 0 aliphatic carbocycles. The number of hydrogen-bond acceptors (Lipinski definition) is 3. The number of benzene rings is 2. The summed E-state index contributed by atoms with van der Waals surface area (Å²) in [5.74, 6) is 0.238. The van der Waals surface area contributed by atoms with Crippen molar-refractivity contribution in [2.45, 2.75) is 6.42 Å². The molecule has 2 N–H and O–H groups in total. The molecule has 22 heavy (non-hydrogen) atoms. The van der Waals surface area contributed by atoms with E-state index in [1.54, 1.807) is 18.2 Å². The van der Waals surface area contributed by atoms with Crippen molar-refractivity contribution in [3.8, 4) is 5.75 Å². The number of thiocarbonyl (C=S) groups is 1. The molecule has 4 nitrogen and oxygen atoms in total. The number of carbonyl (C=O) groups excluding carboxylic acids is 1. The third kappa shape index (κ3) is 4.56. The van der Waals surface area contributed by atoms with Gasteiger partial charge in [0, 0.05) is 6.54 Å². The maximum atomic E-state index is 12.1. The molecule has 5 heteroatoms. The maximum absolute atomic E-state index is 12.1. The summed E-state index contributed by atoms with van der Waals surface area (Å²) >= 11 is 5.14. The quantitative estimate of drug-likeness (QED) is 0.833. The first-order valence-electron chi connectivity index (χ1n) is 6.97. The summed E-state index contributed by atoms with van der Waals surface area (Å²) in [7, 11) is 1.53. The van der Waals surface area contributed by atoms with E-state index in [-0.39, 0.29) is 5.91 Å². The number of methoxy groups -OCH3 is 1. The highest BCUT2D eigenvalue weighted by molar-refractivity contribution is 7.80. The van der Waals surface area contributed by atoms with E-state index in [9.17, 15) is 4.79 Å². The van der Waals surface area contributed by atoms with Gasteiger partial charge in [-0.3, -0.25) is 10.1 Å². The highest BCUT2D eigenvalue weighted by Crippen LogP contribution is 2.16. The Hall–Kier alpha value is -2.40. The summed E-state index contributed by atoms with van der Waals surface area (Å²) in [5.41, 5.74) is 1.67. The van der Waals surface area contributed by atoms with E-state index in [0.29, 0.717) is 23.0 Å².